The van der Waals surface area contributed by atoms with Gasteiger partial charge in [0, 0.05) is 62.8 Å². The molecule has 0 saturated carbocycles. The Morgan fingerprint density at radius 2 is 2.14 bits per heavy atom. The molecule has 2 aliphatic heterocycles. The highest BCUT2D eigenvalue weighted by Gasteiger charge is 2.42. The third kappa shape index (κ3) is 3.93. The summed E-state index contributed by atoms with van der Waals surface area (Å²) in [6, 6.07) is 3.91. The van der Waals surface area contributed by atoms with Crippen LogP contribution in [0.3, 0.4) is 0 Å². The van der Waals surface area contributed by atoms with Gasteiger partial charge in [-0.25, -0.2) is 4.98 Å². The zero-order valence-electron chi connectivity index (χ0n) is 16.4. The zero-order chi connectivity index (χ0) is 19.6. The smallest absolute Gasteiger partial charge is 0.242 e. The Balaban J connectivity index is 1.44. The number of amides is 2. The number of rotatable bonds is 4. The number of piperidine rings is 2. The van der Waals surface area contributed by atoms with Gasteiger partial charge in [-0.05, 0) is 37.8 Å². The molecule has 0 aromatic carbocycles. The molecular weight excluding hydrogens is 354 g/mol. The molecule has 4 rings (SSSR count). The van der Waals surface area contributed by atoms with Crippen LogP contribution in [0.25, 0.3) is 0 Å². The third-order valence-electron chi connectivity index (χ3n) is 6.09. The predicted octanol–water partition coefficient (Wildman–Crippen LogP) is 2.02. The van der Waals surface area contributed by atoms with E-state index in [0.717, 1.165) is 43.7 Å². The zero-order valence-corrected chi connectivity index (χ0v) is 16.4. The van der Waals surface area contributed by atoms with Crippen molar-refractivity contribution in [3.05, 3.63) is 48.3 Å². The number of hydrogen-bond acceptors (Lipinski definition) is 4. The SMILES string of the molecule is Cc1nccn1CC(=O)N1CCCC2(CCC(=O)N(Cc3cccnc3)C2)C1. The first kappa shape index (κ1) is 18.7. The average Bonchev–Trinajstić information content (AvgIpc) is 3.10. The molecule has 2 fully saturated rings. The van der Waals surface area contributed by atoms with Crippen LogP contribution in [-0.4, -0.2) is 55.8 Å². The fourth-order valence-corrected chi connectivity index (χ4v) is 4.53. The van der Waals surface area contributed by atoms with Crippen LogP contribution in [0.15, 0.2) is 36.9 Å². The van der Waals surface area contributed by atoms with Crippen LogP contribution in [0.5, 0.6) is 0 Å². The molecule has 2 aromatic rings. The quantitative estimate of drug-likeness (QED) is 0.812. The molecule has 2 amide bonds. The van der Waals surface area contributed by atoms with Crippen LogP contribution in [0.4, 0.5) is 0 Å². The Morgan fingerprint density at radius 1 is 1.25 bits per heavy atom. The Kier molecular flexibility index (Phi) is 5.15. The van der Waals surface area contributed by atoms with E-state index in [1.54, 1.807) is 12.4 Å². The Hall–Kier alpha value is -2.70. The second-order valence-electron chi connectivity index (χ2n) is 8.13. The highest BCUT2D eigenvalue weighted by Crippen LogP contribution is 2.39. The predicted molar refractivity (Wildman–Crippen MR) is 104 cm³/mol. The van der Waals surface area contributed by atoms with Gasteiger partial charge in [0.2, 0.25) is 11.8 Å². The molecule has 7 heteroatoms. The van der Waals surface area contributed by atoms with Crippen LogP contribution in [-0.2, 0) is 22.7 Å². The average molecular weight is 381 g/mol. The van der Waals surface area contributed by atoms with Gasteiger partial charge in [0.05, 0.1) is 0 Å². The van der Waals surface area contributed by atoms with E-state index >= 15 is 0 Å². The normalized spacial score (nSPS) is 22.7. The highest BCUT2D eigenvalue weighted by atomic mass is 16.2. The first-order valence-electron chi connectivity index (χ1n) is 9.97. The van der Waals surface area contributed by atoms with Gasteiger partial charge in [-0.1, -0.05) is 6.07 Å². The molecule has 1 unspecified atom stereocenters. The minimum atomic E-state index is 0.00795. The van der Waals surface area contributed by atoms with Crippen LogP contribution in [0.2, 0.25) is 0 Å². The summed E-state index contributed by atoms with van der Waals surface area (Å²) in [7, 11) is 0. The van der Waals surface area contributed by atoms with Crippen LogP contribution in [0.1, 0.15) is 37.1 Å². The largest absolute Gasteiger partial charge is 0.341 e. The molecule has 0 radical (unpaired) electrons. The van der Waals surface area contributed by atoms with Gasteiger partial charge in [0.25, 0.3) is 0 Å². The van der Waals surface area contributed by atoms with Crippen molar-refractivity contribution < 1.29 is 9.59 Å². The second kappa shape index (κ2) is 7.73. The van der Waals surface area contributed by atoms with E-state index in [9.17, 15) is 9.59 Å². The molecule has 0 N–H and O–H groups in total. The lowest BCUT2D eigenvalue weighted by atomic mass is 9.73. The molecular formula is C21H27N5O2. The molecule has 2 saturated heterocycles. The fourth-order valence-electron chi connectivity index (χ4n) is 4.53. The van der Waals surface area contributed by atoms with Crippen molar-refractivity contribution in [2.24, 2.45) is 5.41 Å². The number of imidazole rings is 1. The molecule has 2 aliphatic rings. The van der Waals surface area contributed by atoms with E-state index in [4.69, 9.17) is 0 Å². The molecule has 7 nitrogen and oxygen atoms in total. The van der Waals surface area contributed by atoms with Crippen LogP contribution < -0.4 is 0 Å². The molecule has 1 spiro atoms. The number of carbonyl (C=O) groups is 2. The number of hydrogen-bond donors (Lipinski definition) is 0. The van der Waals surface area contributed by atoms with Crippen molar-refractivity contribution in [3.8, 4) is 0 Å². The van der Waals surface area contributed by atoms with E-state index in [1.807, 2.05) is 45.8 Å². The number of aromatic nitrogens is 3. The molecule has 1 atom stereocenters. The van der Waals surface area contributed by atoms with Crippen LogP contribution in [0, 0.1) is 12.3 Å². The number of pyridine rings is 1. The maximum Gasteiger partial charge on any atom is 0.242 e. The van der Waals surface area contributed by atoms with E-state index in [1.165, 1.54) is 0 Å². The summed E-state index contributed by atoms with van der Waals surface area (Å²) in [5.74, 6) is 1.19. The van der Waals surface area contributed by atoms with Gasteiger partial charge in [0.15, 0.2) is 0 Å². The van der Waals surface area contributed by atoms with Crippen molar-refractivity contribution in [2.75, 3.05) is 19.6 Å². The summed E-state index contributed by atoms with van der Waals surface area (Å²) < 4.78 is 1.89. The lowest BCUT2D eigenvalue weighted by molar-refractivity contribution is -0.144. The van der Waals surface area contributed by atoms with Gasteiger partial charge < -0.3 is 14.4 Å². The molecule has 0 aliphatic carbocycles. The summed E-state index contributed by atoms with van der Waals surface area (Å²) in [5.41, 5.74) is 1.06. The Labute approximate surface area is 165 Å². The summed E-state index contributed by atoms with van der Waals surface area (Å²) in [6.07, 6.45) is 10.6. The molecule has 28 heavy (non-hydrogen) atoms. The first-order valence-corrected chi connectivity index (χ1v) is 9.97. The molecule has 4 heterocycles. The van der Waals surface area contributed by atoms with Crippen LogP contribution >= 0.6 is 0 Å². The first-order chi connectivity index (χ1) is 13.5. The maximum absolute atomic E-state index is 12.9. The summed E-state index contributed by atoms with van der Waals surface area (Å²) in [4.78, 5) is 37.7. The maximum atomic E-state index is 12.9. The highest BCUT2D eigenvalue weighted by molar-refractivity contribution is 5.78. The lowest BCUT2D eigenvalue weighted by Crippen LogP contribution is -2.55. The van der Waals surface area contributed by atoms with Crippen molar-refractivity contribution in [1.82, 2.24) is 24.3 Å². The van der Waals surface area contributed by atoms with E-state index < -0.39 is 0 Å². The molecule has 148 valence electrons. The molecule has 2 aromatic heterocycles. The second-order valence-corrected chi connectivity index (χ2v) is 8.13. The monoisotopic (exact) mass is 381 g/mol. The topological polar surface area (TPSA) is 71.3 Å². The van der Waals surface area contributed by atoms with Gasteiger partial charge in [0.1, 0.15) is 12.4 Å². The van der Waals surface area contributed by atoms with Gasteiger partial charge in [-0.15, -0.1) is 0 Å². The lowest BCUT2D eigenvalue weighted by Gasteiger charge is -2.48. The Morgan fingerprint density at radius 3 is 2.89 bits per heavy atom. The summed E-state index contributed by atoms with van der Waals surface area (Å²) >= 11 is 0. The Bertz CT molecular complexity index is 849. The molecule has 0 bridgehead atoms. The summed E-state index contributed by atoms with van der Waals surface area (Å²) in [6.45, 7) is 5.08. The van der Waals surface area contributed by atoms with Crippen molar-refractivity contribution in [3.63, 3.8) is 0 Å². The van der Waals surface area contributed by atoms with Crippen molar-refractivity contribution >= 4 is 11.8 Å². The minimum Gasteiger partial charge on any atom is -0.341 e. The number of nitrogens with zero attached hydrogens (tertiary/aromatic N) is 5. The van der Waals surface area contributed by atoms with Crippen molar-refractivity contribution in [2.45, 2.75) is 45.7 Å². The number of likely N-dealkylation sites (tertiary alicyclic amines) is 2. The number of carbonyl (C=O) groups excluding carboxylic acids is 2. The van der Waals surface area contributed by atoms with E-state index in [2.05, 4.69) is 9.97 Å². The fraction of sp³-hybridized carbons (Fsp3) is 0.524. The van der Waals surface area contributed by atoms with E-state index in [0.29, 0.717) is 26.1 Å². The van der Waals surface area contributed by atoms with E-state index in [-0.39, 0.29) is 17.2 Å². The standard InChI is InChI=1S/C21H27N5O2/c1-17-23-9-11-24(17)14-20(28)25-10-3-6-21(15-25)7-5-19(27)26(16-21)13-18-4-2-8-22-12-18/h2,4,8-9,11-12H,3,5-7,10,13-16H2,1H3. The van der Waals surface area contributed by atoms with Crippen molar-refractivity contribution in [1.29, 1.82) is 0 Å². The number of aryl methyl sites for hydroxylation is 1. The van der Waals surface area contributed by atoms with Gasteiger partial charge in [-0.3, -0.25) is 14.6 Å². The summed E-state index contributed by atoms with van der Waals surface area (Å²) in [5, 5.41) is 0. The van der Waals surface area contributed by atoms with Gasteiger partial charge in [-0.2, -0.15) is 0 Å². The third-order valence-corrected chi connectivity index (χ3v) is 6.09. The minimum absolute atomic E-state index is 0.00795. The van der Waals surface area contributed by atoms with Gasteiger partial charge >= 0.3 is 0 Å².